The molecular formula is C29H38N8O6. The third-order valence-electron chi connectivity index (χ3n) is 7.66. The number of anilines is 2. The average Bonchev–Trinajstić information content (AvgIpc) is 2.92. The van der Waals surface area contributed by atoms with E-state index < -0.39 is 34.6 Å². The Hall–Kier alpha value is -4.43. The second kappa shape index (κ2) is 12.4. The standard InChI is InChI=1S/C29H38N8O6/c1-28(2)12-16(13-29(3,4)37(28)43)11-20(38)9-10-21(26(41)42)34-24(39)17-5-7-18(8-6-17)31-14-19-15-32-23-22(33-19)25(40)36-27(30)35-23/h5-8,15-16,21,31,43H,9-14H2,1-4H3,(H,34,39)(H,41,42)(H3,30,32,35,36,40). The molecule has 14 heteroatoms. The molecule has 4 rings (SSSR count). The Morgan fingerprint density at radius 2 is 1.77 bits per heavy atom. The first kappa shape index (κ1) is 31.5. The second-order valence-corrected chi connectivity index (χ2v) is 12.3. The first-order valence-electron chi connectivity index (χ1n) is 14.0. The molecule has 0 saturated carbocycles. The number of Topliss-reactive ketones (excluding diaryl/α,β-unsaturated/α-hetero) is 1. The maximum Gasteiger partial charge on any atom is 0.326 e. The maximum atomic E-state index is 12.8. The number of rotatable bonds is 11. The maximum absolute atomic E-state index is 12.8. The molecule has 1 amide bonds. The minimum Gasteiger partial charge on any atom is -0.480 e. The molecule has 0 radical (unpaired) electrons. The quantitative estimate of drug-likeness (QED) is 0.189. The summed E-state index contributed by atoms with van der Waals surface area (Å²) in [6.07, 6.45) is 3.05. The van der Waals surface area contributed by atoms with Crippen molar-refractivity contribution in [3.05, 3.63) is 52.1 Å². The first-order chi connectivity index (χ1) is 20.1. The molecule has 3 heterocycles. The number of carboxylic acid groups (broad SMARTS) is 1. The van der Waals surface area contributed by atoms with Crippen molar-refractivity contribution in [3.63, 3.8) is 0 Å². The number of nitrogen functional groups attached to an aromatic ring is 1. The molecule has 1 aliphatic rings. The molecule has 1 unspecified atom stereocenters. The van der Waals surface area contributed by atoms with E-state index in [1.54, 1.807) is 24.3 Å². The fourth-order valence-corrected chi connectivity index (χ4v) is 5.84. The van der Waals surface area contributed by atoms with Gasteiger partial charge < -0.3 is 26.7 Å². The number of aromatic amines is 1. The van der Waals surface area contributed by atoms with Crippen molar-refractivity contribution >= 4 is 40.5 Å². The van der Waals surface area contributed by atoms with Gasteiger partial charge in [-0.2, -0.15) is 10.0 Å². The van der Waals surface area contributed by atoms with Gasteiger partial charge in [0, 0.05) is 35.2 Å². The van der Waals surface area contributed by atoms with Gasteiger partial charge in [-0.25, -0.2) is 14.8 Å². The van der Waals surface area contributed by atoms with E-state index in [1.165, 1.54) is 11.3 Å². The highest BCUT2D eigenvalue weighted by Gasteiger charge is 2.45. The summed E-state index contributed by atoms with van der Waals surface area (Å²) in [4.78, 5) is 64.2. The number of nitrogens with two attached hydrogens (primary N) is 1. The zero-order valence-corrected chi connectivity index (χ0v) is 24.7. The SMILES string of the molecule is CC1(C)CC(CC(=O)CCC(NC(=O)c2ccc(NCc3cnc4nc(N)[nH]c(=O)c4n3)cc2)C(=O)O)CC(C)(C)N1O. The number of nitrogens with zero attached hydrogens (tertiary/aromatic N) is 4. The third kappa shape index (κ3) is 7.70. The normalized spacial score (nSPS) is 17.3. The number of piperidine rings is 1. The van der Waals surface area contributed by atoms with E-state index in [0.717, 1.165) is 0 Å². The monoisotopic (exact) mass is 594 g/mol. The molecule has 230 valence electrons. The van der Waals surface area contributed by atoms with Crippen LogP contribution in [0.4, 0.5) is 11.6 Å². The minimum atomic E-state index is -1.22. The van der Waals surface area contributed by atoms with Crippen molar-refractivity contribution in [2.75, 3.05) is 11.1 Å². The lowest BCUT2D eigenvalue weighted by molar-refractivity contribution is -0.251. The van der Waals surface area contributed by atoms with Crippen molar-refractivity contribution in [1.82, 2.24) is 30.3 Å². The van der Waals surface area contributed by atoms with Crippen LogP contribution in [-0.2, 0) is 16.1 Å². The lowest BCUT2D eigenvalue weighted by Gasteiger charge is -2.51. The van der Waals surface area contributed by atoms with Crippen LogP contribution in [0.3, 0.4) is 0 Å². The highest BCUT2D eigenvalue weighted by molar-refractivity contribution is 5.97. The fraction of sp³-hybridized carbons (Fsp3) is 0.483. The van der Waals surface area contributed by atoms with Crippen LogP contribution in [0.5, 0.6) is 0 Å². The zero-order chi connectivity index (χ0) is 31.5. The number of nitrogens with one attached hydrogen (secondary N) is 3. The minimum absolute atomic E-state index is 0.0211. The predicted octanol–water partition coefficient (Wildman–Crippen LogP) is 2.49. The summed E-state index contributed by atoms with van der Waals surface area (Å²) >= 11 is 0. The molecule has 0 spiro atoms. The van der Waals surface area contributed by atoms with E-state index in [4.69, 9.17) is 5.73 Å². The number of fused-ring (bicyclic) bond motifs is 1. The predicted molar refractivity (Wildman–Crippen MR) is 158 cm³/mol. The molecule has 1 atom stereocenters. The highest BCUT2D eigenvalue weighted by Crippen LogP contribution is 2.41. The zero-order valence-electron chi connectivity index (χ0n) is 24.7. The van der Waals surface area contributed by atoms with Crippen LogP contribution >= 0.6 is 0 Å². The molecule has 1 saturated heterocycles. The van der Waals surface area contributed by atoms with Crippen molar-refractivity contribution < 1.29 is 24.7 Å². The van der Waals surface area contributed by atoms with Crippen LogP contribution < -0.4 is 21.9 Å². The number of hydrogen-bond donors (Lipinski definition) is 6. The fourth-order valence-electron chi connectivity index (χ4n) is 5.84. The largest absolute Gasteiger partial charge is 0.480 e. The molecule has 2 aromatic heterocycles. The number of aliphatic carboxylic acids is 1. The van der Waals surface area contributed by atoms with E-state index in [2.05, 4.69) is 30.6 Å². The Balaban J connectivity index is 1.29. The molecular weight excluding hydrogens is 556 g/mol. The number of carbonyl (C=O) groups is 3. The molecule has 1 aliphatic heterocycles. The summed E-state index contributed by atoms with van der Waals surface area (Å²) in [6.45, 7) is 7.97. The Morgan fingerprint density at radius 1 is 1.12 bits per heavy atom. The molecule has 1 aromatic carbocycles. The summed E-state index contributed by atoms with van der Waals surface area (Å²) in [5.41, 5.74) is 5.67. The number of carbonyl (C=O) groups excluding carboxylic acids is 2. The van der Waals surface area contributed by atoms with Crippen LogP contribution in [0.25, 0.3) is 11.2 Å². The molecule has 0 aliphatic carbocycles. The molecule has 43 heavy (non-hydrogen) atoms. The number of ketones is 1. The topological polar surface area (TPSA) is 217 Å². The molecule has 3 aromatic rings. The first-order valence-corrected chi connectivity index (χ1v) is 14.0. The van der Waals surface area contributed by atoms with Gasteiger partial charge in [0.1, 0.15) is 11.8 Å². The number of hydroxylamine groups is 2. The summed E-state index contributed by atoms with van der Waals surface area (Å²) in [5, 5.41) is 27.2. The average molecular weight is 595 g/mol. The molecule has 7 N–H and O–H groups in total. The second-order valence-electron chi connectivity index (χ2n) is 12.3. The summed E-state index contributed by atoms with van der Waals surface area (Å²) < 4.78 is 0. The van der Waals surface area contributed by atoms with Crippen LogP contribution in [0, 0.1) is 5.92 Å². The smallest absolute Gasteiger partial charge is 0.326 e. The van der Waals surface area contributed by atoms with E-state index in [0.29, 0.717) is 30.6 Å². The van der Waals surface area contributed by atoms with Crippen molar-refractivity contribution in [1.29, 1.82) is 0 Å². The number of aromatic nitrogens is 4. The van der Waals surface area contributed by atoms with Gasteiger partial charge in [0.25, 0.3) is 11.5 Å². The van der Waals surface area contributed by atoms with Crippen molar-refractivity contribution in [3.8, 4) is 0 Å². The van der Waals surface area contributed by atoms with E-state index in [1.807, 2.05) is 27.7 Å². The molecule has 0 bridgehead atoms. The Kier molecular flexibility index (Phi) is 9.11. The lowest BCUT2D eigenvalue weighted by atomic mass is 9.73. The van der Waals surface area contributed by atoms with Gasteiger partial charge >= 0.3 is 5.97 Å². The highest BCUT2D eigenvalue weighted by atomic mass is 16.5. The van der Waals surface area contributed by atoms with Gasteiger partial charge in [-0.1, -0.05) is 0 Å². The Bertz CT molecular complexity index is 1550. The van der Waals surface area contributed by atoms with Crippen LogP contribution in [0.15, 0.2) is 35.3 Å². The number of benzene rings is 1. The summed E-state index contributed by atoms with van der Waals surface area (Å²) in [6, 6.07) is 5.17. The number of hydrogen-bond acceptors (Lipinski definition) is 11. The number of amides is 1. The summed E-state index contributed by atoms with van der Waals surface area (Å²) in [7, 11) is 0. The van der Waals surface area contributed by atoms with Crippen molar-refractivity contribution in [2.45, 2.75) is 83.5 Å². The third-order valence-corrected chi connectivity index (χ3v) is 7.66. The van der Waals surface area contributed by atoms with Crippen molar-refractivity contribution in [2.24, 2.45) is 5.92 Å². The van der Waals surface area contributed by atoms with Gasteiger partial charge in [-0.15, -0.1) is 0 Å². The van der Waals surface area contributed by atoms with Gasteiger partial charge in [0.2, 0.25) is 5.95 Å². The summed E-state index contributed by atoms with van der Waals surface area (Å²) in [5.74, 6) is -1.84. The van der Waals surface area contributed by atoms with E-state index in [-0.39, 0.29) is 53.8 Å². The number of carboxylic acids is 1. The molecule has 1 fully saturated rings. The van der Waals surface area contributed by atoms with Crippen LogP contribution in [-0.4, -0.2) is 70.1 Å². The van der Waals surface area contributed by atoms with Gasteiger partial charge in [-0.05, 0) is 77.1 Å². The number of H-pyrrole nitrogens is 1. The van der Waals surface area contributed by atoms with Crippen LogP contribution in [0.2, 0.25) is 0 Å². The Morgan fingerprint density at radius 3 is 2.40 bits per heavy atom. The van der Waals surface area contributed by atoms with E-state index in [9.17, 15) is 29.5 Å². The van der Waals surface area contributed by atoms with Crippen LogP contribution in [0.1, 0.15) is 75.9 Å². The van der Waals surface area contributed by atoms with Gasteiger partial charge in [-0.3, -0.25) is 19.4 Å². The molecule has 14 nitrogen and oxygen atoms in total. The van der Waals surface area contributed by atoms with Gasteiger partial charge in [0.15, 0.2) is 11.2 Å². The van der Waals surface area contributed by atoms with E-state index >= 15 is 0 Å². The lowest BCUT2D eigenvalue weighted by Crippen LogP contribution is -2.59. The Labute approximate surface area is 248 Å². The van der Waals surface area contributed by atoms with Gasteiger partial charge in [0.05, 0.1) is 18.4 Å².